The molecule has 0 atom stereocenters. The summed E-state index contributed by atoms with van der Waals surface area (Å²) in [5, 5.41) is 21.6. The van der Waals surface area contributed by atoms with Crippen molar-refractivity contribution >= 4 is 5.91 Å². The first-order valence-electron chi connectivity index (χ1n) is 6.04. The number of phenols is 2. The van der Waals surface area contributed by atoms with E-state index in [1.54, 1.807) is 19.2 Å². The minimum Gasteiger partial charge on any atom is -0.504 e. The topological polar surface area (TPSA) is 78.8 Å². The highest BCUT2D eigenvalue weighted by atomic mass is 16.5. The molecule has 0 saturated heterocycles. The Morgan fingerprint density at radius 3 is 2.50 bits per heavy atom. The van der Waals surface area contributed by atoms with Gasteiger partial charge in [0.15, 0.2) is 11.5 Å². The fraction of sp³-hybridized carbons (Fsp3) is 0.133. The maximum Gasteiger partial charge on any atom is 0.255 e. The Bertz CT molecular complexity index is 608. The van der Waals surface area contributed by atoms with Crippen LogP contribution in [0.4, 0.5) is 0 Å². The fourth-order valence-electron chi connectivity index (χ4n) is 1.74. The van der Waals surface area contributed by atoms with Gasteiger partial charge in [0.25, 0.3) is 5.91 Å². The lowest BCUT2D eigenvalue weighted by atomic mass is 10.1. The van der Waals surface area contributed by atoms with Gasteiger partial charge < -0.3 is 20.3 Å². The highest BCUT2D eigenvalue weighted by Gasteiger charge is 2.13. The van der Waals surface area contributed by atoms with E-state index in [-0.39, 0.29) is 11.3 Å². The minimum atomic E-state index is -0.450. The zero-order valence-corrected chi connectivity index (χ0v) is 11.0. The van der Waals surface area contributed by atoms with Crippen molar-refractivity contribution in [3.8, 4) is 17.2 Å². The minimum absolute atomic E-state index is 0.0403. The molecule has 1 amide bonds. The average Bonchev–Trinajstić information content (AvgIpc) is 2.48. The lowest BCUT2D eigenvalue weighted by molar-refractivity contribution is 0.0947. The van der Waals surface area contributed by atoms with Gasteiger partial charge in [-0.2, -0.15) is 0 Å². The second-order valence-electron chi connectivity index (χ2n) is 4.20. The molecule has 104 valence electrons. The first-order valence-corrected chi connectivity index (χ1v) is 6.04. The van der Waals surface area contributed by atoms with Crippen LogP contribution >= 0.6 is 0 Å². The van der Waals surface area contributed by atoms with Gasteiger partial charge >= 0.3 is 0 Å². The number of amides is 1. The van der Waals surface area contributed by atoms with E-state index in [0.717, 1.165) is 11.3 Å². The SMILES string of the molecule is COc1ccc(CNC(=O)c2cccc(O)c2O)cc1. The molecule has 3 N–H and O–H groups in total. The Hall–Kier alpha value is -2.69. The molecule has 0 aliphatic carbocycles. The number of methoxy groups -OCH3 is 1. The molecular weight excluding hydrogens is 258 g/mol. The zero-order valence-electron chi connectivity index (χ0n) is 11.0. The summed E-state index contributed by atoms with van der Waals surface area (Å²) in [4.78, 5) is 11.9. The van der Waals surface area contributed by atoms with Crippen molar-refractivity contribution in [1.29, 1.82) is 0 Å². The van der Waals surface area contributed by atoms with Crippen molar-refractivity contribution in [2.45, 2.75) is 6.54 Å². The van der Waals surface area contributed by atoms with Gasteiger partial charge in [-0.05, 0) is 29.8 Å². The molecule has 0 aromatic heterocycles. The quantitative estimate of drug-likeness (QED) is 0.745. The Kier molecular flexibility index (Phi) is 4.10. The van der Waals surface area contributed by atoms with E-state index in [4.69, 9.17) is 4.74 Å². The van der Waals surface area contributed by atoms with Crippen LogP contribution in [0, 0.1) is 0 Å². The maximum atomic E-state index is 11.9. The van der Waals surface area contributed by atoms with Crippen LogP contribution in [0.2, 0.25) is 0 Å². The molecule has 0 bridgehead atoms. The van der Waals surface area contributed by atoms with Gasteiger partial charge in [0, 0.05) is 6.54 Å². The van der Waals surface area contributed by atoms with Crippen LogP contribution in [0.1, 0.15) is 15.9 Å². The van der Waals surface area contributed by atoms with Crippen LogP contribution in [0.3, 0.4) is 0 Å². The number of phenolic OH excluding ortho intramolecular Hbond substituents is 2. The number of nitrogens with one attached hydrogen (secondary N) is 1. The van der Waals surface area contributed by atoms with Crippen molar-refractivity contribution in [2.24, 2.45) is 0 Å². The first kappa shape index (κ1) is 13.7. The van der Waals surface area contributed by atoms with Crippen LogP contribution < -0.4 is 10.1 Å². The monoisotopic (exact) mass is 273 g/mol. The van der Waals surface area contributed by atoms with Crippen molar-refractivity contribution in [3.05, 3.63) is 53.6 Å². The number of carbonyl (C=O) groups is 1. The van der Waals surface area contributed by atoms with Crippen LogP contribution in [-0.2, 0) is 6.54 Å². The van der Waals surface area contributed by atoms with Gasteiger partial charge in [-0.1, -0.05) is 18.2 Å². The summed E-state index contributed by atoms with van der Waals surface area (Å²) in [6.45, 7) is 0.317. The van der Waals surface area contributed by atoms with E-state index in [2.05, 4.69) is 5.32 Å². The van der Waals surface area contributed by atoms with Crippen LogP contribution in [0.25, 0.3) is 0 Å². The molecule has 0 fully saturated rings. The molecule has 0 aliphatic rings. The number of para-hydroxylation sites is 1. The fourth-order valence-corrected chi connectivity index (χ4v) is 1.74. The zero-order chi connectivity index (χ0) is 14.5. The molecule has 0 spiro atoms. The number of carbonyl (C=O) groups excluding carboxylic acids is 1. The predicted molar refractivity (Wildman–Crippen MR) is 73.9 cm³/mol. The van der Waals surface area contributed by atoms with Crippen molar-refractivity contribution in [2.75, 3.05) is 7.11 Å². The normalized spacial score (nSPS) is 10.1. The van der Waals surface area contributed by atoms with Crippen molar-refractivity contribution in [3.63, 3.8) is 0 Å². The Morgan fingerprint density at radius 1 is 1.15 bits per heavy atom. The molecule has 2 rings (SSSR count). The highest BCUT2D eigenvalue weighted by Crippen LogP contribution is 2.27. The highest BCUT2D eigenvalue weighted by molar-refractivity contribution is 5.97. The summed E-state index contributed by atoms with van der Waals surface area (Å²) >= 11 is 0. The van der Waals surface area contributed by atoms with E-state index in [1.165, 1.54) is 18.2 Å². The van der Waals surface area contributed by atoms with Crippen LogP contribution in [-0.4, -0.2) is 23.2 Å². The molecule has 0 saturated carbocycles. The first-order chi connectivity index (χ1) is 9.61. The van der Waals surface area contributed by atoms with Gasteiger partial charge in [-0.15, -0.1) is 0 Å². The van der Waals surface area contributed by atoms with E-state index in [1.807, 2.05) is 12.1 Å². The average molecular weight is 273 g/mol. The standard InChI is InChI=1S/C15H15NO4/c1-20-11-7-5-10(6-8-11)9-16-15(19)12-3-2-4-13(17)14(12)18/h2-8,17-18H,9H2,1H3,(H,16,19). The van der Waals surface area contributed by atoms with E-state index < -0.39 is 11.7 Å². The third-order valence-electron chi connectivity index (χ3n) is 2.87. The number of ether oxygens (including phenoxy) is 1. The summed E-state index contributed by atoms with van der Waals surface area (Å²) in [5.74, 6) is -0.443. The number of aromatic hydroxyl groups is 2. The maximum absolute atomic E-state index is 11.9. The summed E-state index contributed by atoms with van der Waals surface area (Å²) in [6, 6.07) is 11.5. The molecule has 5 nitrogen and oxygen atoms in total. The van der Waals surface area contributed by atoms with Crippen LogP contribution in [0.5, 0.6) is 17.2 Å². The summed E-state index contributed by atoms with van der Waals surface area (Å²) < 4.78 is 5.04. The van der Waals surface area contributed by atoms with Crippen LogP contribution in [0.15, 0.2) is 42.5 Å². The summed E-state index contributed by atoms with van der Waals surface area (Å²) in [7, 11) is 1.58. The molecule has 0 aliphatic heterocycles. The molecule has 0 radical (unpaired) electrons. The van der Waals surface area contributed by atoms with Gasteiger partial charge in [0.2, 0.25) is 0 Å². The number of hydrogen-bond acceptors (Lipinski definition) is 4. The molecular formula is C15H15NO4. The third-order valence-corrected chi connectivity index (χ3v) is 2.87. The Balaban J connectivity index is 2.02. The molecule has 0 heterocycles. The number of benzene rings is 2. The van der Waals surface area contributed by atoms with E-state index in [9.17, 15) is 15.0 Å². The smallest absolute Gasteiger partial charge is 0.255 e. The Labute approximate surface area is 116 Å². The molecule has 0 unspecified atom stereocenters. The van der Waals surface area contributed by atoms with Gasteiger partial charge in [-0.3, -0.25) is 4.79 Å². The van der Waals surface area contributed by atoms with Gasteiger partial charge in [-0.25, -0.2) is 0 Å². The number of rotatable bonds is 4. The summed E-state index contributed by atoms with van der Waals surface area (Å²) in [6.07, 6.45) is 0. The lowest BCUT2D eigenvalue weighted by Crippen LogP contribution is -2.22. The van der Waals surface area contributed by atoms with E-state index >= 15 is 0 Å². The predicted octanol–water partition coefficient (Wildman–Crippen LogP) is 2.04. The second-order valence-corrected chi connectivity index (χ2v) is 4.20. The largest absolute Gasteiger partial charge is 0.504 e. The van der Waals surface area contributed by atoms with Crippen molar-refractivity contribution in [1.82, 2.24) is 5.32 Å². The molecule has 2 aromatic carbocycles. The van der Waals surface area contributed by atoms with Gasteiger partial charge in [0.05, 0.1) is 12.7 Å². The number of hydrogen-bond donors (Lipinski definition) is 3. The molecule has 5 heteroatoms. The van der Waals surface area contributed by atoms with E-state index in [0.29, 0.717) is 6.54 Å². The molecule has 2 aromatic rings. The molecule has 20 heavy (non-hydrogen) atoms. The Morgan fingerprint density at radius 2 is 1.85 bits per heavy atom. The second kappa shape index (κ2) is 5.97. The summed E-state index contributed by atoms with van der Waals surface area (Å²) in [5.41, 5.74) is 0.942. The van der Waals surface area contributed by atoms with Crippen molar-refractivity contribution < 1.29 is 19.7 Å². The third kappa shape index (κ3) is 3.00. The van der Waals surface area contributed by atoms with Gasteiger partial charge in [0.1, 0.15) is 5.75 Å². The lowest BCUT2D eigenvalue weighted by Gasteiger charge is -2.08.